The van der Waals surface area contributed by atoms with Crippen molar-refractivity contribution in [1.82, 2.24) is 10.2 Å². The van der Waals surface area contributed by atoms with Crippen LogP contribution in [0, 0.1) is 0 Å². The Labute approximate surface area is 126 Å². The van der Waals surface area contributed by atoms with E-state index in [0.717, 1.165) is 17.9 Å². The van der Waals surface area contributed by atoms with Crippen LogP contribution in [-0.4, -0.2) is 48.8 Å². The topological polar surface area (TPSA) is 61.8 Å². The van der Waals surface area contributed by atoms with Gasteiger partial charge in [-0.2, -0.15) is 0 Å². The molecule has 0 unspecified atom stereocenters. The van der Waals surface area contributed by atoms with E-state index < -0.39 is 0 Å². The zero-order valence-electron chi connectivity index (χ0n) is 13.1. The summed E-state index contributed by atoms with van der Waals surface area (Å²) in [4.78, 5) is 14.1. The Morgan fingerprint density at radius 1 is 1.38 bits per heavy atom. The molecule has 0 aliphatic heterocycles. The highest BCUT2D eigenvalue weighted by atomic mass is 16.5. The molecular weight excluding hydrogens is 268 g/mol. The van der Waals surface area contributed by atoms with Crippen LogP contribution in [0.5, 0.6) is 5.75 Å². The van der Waals surface area contributed by atoms with Gasteiger partial charge in [-0.25, -0.2) is 0 Å². The smallest absolute Gasteiger partial charge is 0.234 e. The Kier molecular flexibility index (Phi) is 7.79. The maximum absolute atomic E-state index is 12.0. The number of rotatable bonds is 9. The maximum Gasteiger partial charge on any atom is 0.234 e. The molecule has 0 bridgehead atoms. The van der Waals surface area contributed by atoms with Gasteiger partial charge in [-0.15, -0.1) is 0 Å². The standard InChI is InChI=1S/C16H26N2O3/c1-13(2)18(9-6-10-19)12-16(20)17-11-14-7-4-5-8-15(14)21-3/h4-5,7-8,13,19H,6,9-12H2,1-3H3,(H,17,20). The molecule has 0 aliphatic rings. The lowest BCUT2D eigenvalue weighted by atomic mass is 10.2. The van der Waals surface area contributed by atoms with E-state index in [1.165, 1.54) is 0 Å². The van der Waals surface area contributed by atoms with Crippen LogP contribution in [0.2, 0.25) is 0 Å². The molecule has 0 saturated heterocycles. The number of nitrogens with zero attached hydrogens (tertiary/aromatic N) is 1. The van der Waals surface area contributed by atoms with Crippen LogP contribution in [0.4, 0.5) is 0 Å². The van der Waals surface area contributed by atoms with E-state index in [2.05, 4.69) is 5.32 Å². The van der Waals surface area contributed by atoms with E-state index in [0.29, 0.717) is 19.5 Å². The van der Waals surface area contributed by atoms with Crippen LogP contribution in [0.25, 0.3) is 0 Å². The number of carbonyl (C=O) groups excluding carboxylic acids is 1. The SMILES string of the molecule is COc1ccccc1CNC(=O)CN(CCCO)C(C)C. The molecule has 0 radical (unpaired) electrons. The van der Waals surface area contributed by atoms with Gasteiger partial charge in [0.05, 0.1) is 13.7 Å². The Balaban J connectivity index is 2.48. The number of hydrogen-bond donors (Lipinski definition) is 2. The van der Waals surface area contributed by atoms with Crippen molar-refractivity contribution in [2.45, 2.75) is 32.9 Å². The lowest BCUT2D eigenvalue weighted by Crippen LogP contribution is -2.41. The highest BCUT2D eigenvalue weighted by Crippen LogP contribution is 2.16. The second kappa shape index (κ2) is 9.37. The third-order valence-corrected chi connectivity index (χ3v) is 3.35. The molecule has 0 aromatic heterocycles. The molecule has 0 atom stereocenters. The second-order valence-corrected chi connectivity index (χ2v) is 5.23. The van der Waals surface area contributed by atoms with Crippen molar-refractivity contribution >= 4 is 5.91 Å². The zero-order chi connectivity index (χ0) is 15.7. The summed E-state index contributed by atoms with van der Waals surface area (Å²) < 4.78 is 5.26. The minimum absolute atomic E-state index is 0.0208. The summed E-state index contributed by atoms with van der Waals surface area (Å²) in [5.74, 6) is 0.756. The first kappa shape index (κ1) is 17.5. The summed E-state index contributed by atoms with van der Waals surface area (Å²) in [5.41, 5.74) is 0.958. The first-order valence-electron chi connectivity index (χ1n) is 7.32. The Hall–Kier alpha value is -1.59. The van der Waals surface area contributed by atoms with Crippen molar-refractivity contribution in [3.8, 4) is 5.75 Å². The molecule has 118 valence electrons. The Morgan fingerprint density at radius 3 is 2.71 bits per heavy atom. The number of nitrogens with one attached hydrogen (secondary N) is 1. The highest BCUT2D eigenvalue weighted by Gasteiger charge is 2.13. The molecule has 0 aliphatic carbocycles. The molecule has 5 heteroatoms. The number of methoxy groups -OCH3 is 1. The number of aliphatic hydroxyl groups is 1. The predicted molar refractivity (Wildman–Crippen MR) is 83.3 cm³/mol. The van der Waals surface area contributed by atoms with E-state index >= 15 is 0 Å². The average molecular weight is 294 g/mol. The van der Waals surface area contributed by atoms with Crippen molar-refractivity contribution in [1.29, 1.82) is 0 Å². The summed E-state index contributed by atoms with van der Waals surface area (Å²) in [6.45, 7) is 5.75. The fourth-order valence-electron chi connectivity index (χ4n) is 2.08. The molecule has 2 N–H and O–H groups in total. The van der Waals surface area contributed by atoms with Gasteiger partial charge in [0.1, 0.15) is 5.75 Å². The van der Waals surface area contributed by atoms with Crippen LogP contribution in [-0.2, 0) is 11.3 Å². The second-order valence-electron chi connectivity index (χ2n) is 5.23. The maximum atomic E-state index is 12.0. The predicted octanol–water partition coefficient (Wildman–Crippen LogP) is 1.40. The van der Waals surface area contributed by atoms with E-state index in [1.54, 1.807) is 7.11 Å². The van der Waals surface area contributed by atoms with Crippen LogP contribution in [0.15, 0.2) is 24.3 Å². The first-order valence-corrected chi connectivity index (χ1v) is 7.32. The van der Waals surface area contributed by atoms with E-state index in [-0.39, 0.29) is 18.6 Å². The highest BCUT2D eigenvalue weighted by molar-refractivity contribution is 5.78. The van der Waals surface area contributed by atoms with Gasteiger partial charge in [-0.3, -0.25) is 9.69 Å². The summed E-state index contributed by atoms with van der Waals surface area (Å²) in [7, 11) is 1.62. The summed E-state index contributed by atoms with van der Waals surface area (Å²) in [5, 5.41) is 11.8. The number of ether oxygens (including phenoxy) is 1. The number of amides is 1. The summed E-state index contributed by atoms with van der Waals surface area (Å²) in [6.07, 6.45) is 0.679. The number of para-hydroxylation sites is 1. The lowest BCUT2D eigenvalue weighted by Gasteiger charge is -2.25. The van der Waals surface area contributed by atoms with Crippen molar-refractivity contribution in [2.24, 2.45) is 0 Å². The zero-order valence-corrected chi connectivity index (χ0v) is 13.1. The minimum Gasteiger partial charge on any atom is -0.496 e. The number of hydrogen-bond acceptors (Lipinski definition) is 4. The van der Waals surface area contributed by atoms with Crippen molar-refractivity contribution in [3.05, 3.63) is 29.8 Å². The normalized spacial score (nSPS) is 11.0. The van der Waals surface area contributed by atoms with Crippen LogP contribution in [0.3, 0.4) is 0 Å². The fraction of sp³-hybridized carbons (Fsp3) is 0.562. The van der Waals surface area contributed by atoms with Crippen molar-refractivity contribution in [3.63, 3.8) is 0 Å². The lowest BCUT2D eigenvalue weighted by molar-refractivity contribution is -0.122. The molecule has 0 spiro atoms. The van der Waals surface area contributed by atoms with Gasteiger partial charge >= 0.3 is 0 Å². The first-order chi connectivity index (χ1) is 10.1. The molecule has 1 aromatic carbocycles. The molecule has 5 nitrogen and oxygen atoms in total. The van der Waals surface area contributed by atoms with Gasteiger partial charge in [-0.05, 0) is 26.3 Å². The van der Waals surface area contributed by atoms with Crippen LogP contribution < -0.4 is 10.1 Å². The molecule has 1 rings (SSSR count). The van der Waals surface area contributed by atoms with Crippen LogP contribution >= 0.6 is 0 Å². The molecule has 0 heterocycles. The monoisotopic (exact) mass is 294 g/mol. The van der Waals surface area contributed by atoms with E-state index in [9.17, 15) is 4.79 Å². The van der Waals surface area contributed by atoms with E-state index in [4.69, 9.17) is 9.84 Å². The third-order valence-electron chi connectivity index (χ3n) is 3.35. The van der Waals surface area contributed by atoms with Gasteiger partial charge in [-0.1, -0.05) is 18.2 Å². The Bertz CT molecular complexity index is 435. The van der Waals surface area contributed by atoms with Crippen molar-refractivity contribution in [2.75, 3.05) is 26.8 Å². The summed E-state index contributed by atoms with van der Waals surface area (Å²) >= 11 is 0. The summed E-state index contributed by atoms with van der Waals surface area (Å²) in [6, 6.07) is 7.91. The molecule has 21 heavy (non-hydrogen) atoms. The van der Waals surface area contributed by atoms with Crippen LogP contribution in [0.1, 0.15) is 25.8 Å². The van der Waals surface area contributed by atoms with Crippen molar-refractivity contribution < 1.29 is 14.6 Å². The van der Waals surface area contributed by atoms with Gasteiger partial charge < -0.3 is 15.2 Å². The largest absolute Gasteiger partial charge is 0.496 e. The van der Waals surface area contributed by atoms with Gasteiger partial charge in [0.2, 0.25) is 5.91 Å². The fourth-order valence-corrected chi connectivity index (χ4v) is 2.08. The number of aliphatic hydroxyl groups excluding tert-OH is 1. The Morgan fingerprint density at radius 2 is 2.10 bits per heavy atom. The third kappa shape index (κ3) is 6.14. The average Bonchev–Trinajstić information content (AvgIpc) is 2.49. The molecule has 1 amide bonds. The van der Waals surface area contributed by atoms with E-state index in [1.807, 2.05) is 43.0 Å². The van der Waals surface area contributed by atoms with Gasteiger partial charge in [0, 0.05) is 31.3 Å². The number of benzene rings is 1. The molecule has 1 aromatic rings. The molecule has 0 fully saturated rings. The quantitative estimate of drug-likeness (QED) is 0.723. The molecular formula is C16H26N2O3. The molecule has 0 saturated carbocycles. The minimum atomic E-state index is -0.0208. The number of carbonyl (C=O) groups is 1. The van der Waals surface area contributed by atoms with Gasteiger partial charge in [0.15, 0.2) is 0 Å². The van der Waals surface area contributed by atoms with Gasteiger partial charge in [0.25, 0.3) is 0 Å².